The first-order chi connectivity index (χ1) is 12.2. The van der Waals surface area contributed by atoms with Crippen LogP contribution in [0, 0.1) is 5.92 Å². The van der Waals surface area contributed by atoms with Crippen LogP contribution in [0.1, 0.15) is 12.8 Å². The van der Waals surface area contributed by atoms with Crippen LogP contribution in [-0.4, -0.2) is 29.2 Å². The highest BCUT2D eigenvalue weighted by atomic mass is 16.1. The first-order valence-electron chi connectivity index (χ1n) is 8.59. The number of nitrogens with zero attached hydrogens (tertiary/aromatic N) is 3. The molecule has 0 atom stereocenters. The highest BCUT2D eigenvalue weighted by molar-refractivity contribution is 6.00. The number of hydrogen-bond acceptors (Lipinski definition) is 4. The third-order valence-corrected chi connectivity index (χ3v) is 4.91. The average Bonchev–Trinajstić information content (AvgIpc) is 2.68. The van der Waals surface area contributed by atoms with Crippen LogP contribution in [-0.2, 0) is 4.79 Å². The lowest BCUT2D eigenvalue weighted by Crippen LogP contribution is -2.39. The molecule has 1 aliphatic heterocycles. The Morgan fingerprint density at radius 1 is 0.920 bits per heavy atom. The fourth-order valence-corrected chi connectivity index (χ4v) is 3.51. The van der Waals surface area contributed by atoms with Crippen molar-refractivity contribution in [3.63, 3.8) is 0 Å². The summed E-state index contributed by atoms with van der Waals surface area (Å²) < 4.78 is 0. The number of fused-ring (bicyclic) bond motifs is 1. The molecule has 5 heteroatoms. The van der Waals surface area contributed by atoms with Gasteiger partial charge in [-0.05, 0) is 12.8 Å². The number of primary amides is 1. The van der Waals surface area contributed by atoms with E-state index in [-0.39, 0.29) is 11.8 Å². The molecular formula is C20H20N4O. The topological polar surface area (TPSA) is 72.1 Å². The summed E-state index contributed by atoms with van der Waals surface area (Å²) in [7, 11) is 0. The molecule has 0 radical (unpaired) electrons. The summed E-state index contributed by atoms with van der Waals surface area (Å²) in [5.74, 6) is 0.660. The van der Waals surface area contributed by atoms with Gasteiger partial charge in [0.15, 0.2) is 5.82 Å². The minimum atomic E-state index is -0.199. The minimum Gasteiger partial charge on any atom is -0.369 e. The number of nitrogens with two attached hydrogens (primary N) is 1. The SMILES string of the molecule is NC(=O)C1CCN(c2nnc(-c3ccccc3)c3ccccc23)CC1. The van der Waals surface area contributed by atoms with Gasteiger partial charge < -0.3 is 10.6 Å². The Hall–Kier alpha value is -2.95. The monoisotopic (exact) mass is 332 g/mol. The summed E-state index contributed by atoms with van der Waals surface area (Å²) >= 11 is 0. The predicted octanol–water partition coefficient (Wildman–Crippen LogP) is 3.00. The van der Waals surface area contributed by atoms with E-state index >= 15 is 0 Å². The largest absolute Gasteiger partial charge is 0.369 e. The number of carbonyl (C=O) groups is 1. The molecule has 0 saturated carbocycles. The van der Waals surface area contributed by atoms with Gasteiger partial charge in [-0.1, -0.05) is 54.6 Å². The summed E-state index contributed by atoms with van der Waals surface area (Å²) in [5, 5.41) is 11.2. The van der Waals surface area contributed by atoms with Gasteiger partial charge in [0.25, 0.3) is 0 Å². The quantitative estimate of drug-likeness (QED) is 0.800. The molecule has 2 aromatic carbocycles. The van der Waals surface area contributed by atoms with Crippen molar-refractivity contribution in [2.24, 2.45) is 11.7 Å². The van der Waals surface area contributed by atoms with Gasteiger partial charge >= 0.3 is 0 Å². The summed E-state index contributed by atoms with van der Waals surface area (Å²) in [6.07, 6.45) is 1.54. The molecule has 0 spiro atoms. The highest BCUT2D eigenvalue weighted by Crippen LogP contribution is 2.32. The molecule has 0 unspecified atom stereocenters. The maximum Gasteiger partial charge on any atom is 0.220 e. The normalized spacial score (nSPS) is 15.4. The second-order valence-corrected chi connectivity index (χ2v) is 6.45. The number of amides is 1. The number of aromatic nitrogens is 2. The zero-order valence-corrected chi connectivity index (χ0v) is 13.9. The fourth-order valence-electron chi connectivity index (χ4n) is 3.51. The summed E-state index contributed by atoms with van der Waals surface area (Å²) in [4.78, 5) is 13.6. The van der Waals surface area contributed by atoms with Crippen molar-refractivity contribution in [2.75, 3.05) is 18.0 Å². The lowest BCUT2D eigenvalue weighted by molar-refractivity contribution is -0.122. The van der Waals surface area contributed by atoms with Crippen molar-refractivity contribution in [2.45, 2.75) is 12.8 Å². The molecular weight excluding hydrogens is 312 g/mol. The van der Waals surface area contributed by atoms with Crippen molar-refractivity contribution in [1.29, 1.82) is 0 Å². The van der Waals surface area contributed by atoms with E-state index in [4.69, 9.17) is 5.73 Å². The maximum absolute atomic E-state index is 11.4. The molecule has 1 aliphatic rings. The van der Waals surface area contributed by atoms with Crippen molar-refractivity contribution >= 4 is 22.5 Å². The van der Waals surface area contributed by atoms with Gasteiger partial charge in [-0.3, -0.25) is 4.79 Å². The van der Waals surface area contributed by atoms with Gasteiger partial charge in [-0.25, -0.2) is 0 Å². The molecule has 5 nitrogen and oxygen atoms in total. The van der Waals surface area contributed by atoms with Crippen LogP contribution in [0.15, 0.2) is 54.6 Å². The van der Waals surface area contributed by atoms with Crippen LogP contribution in [0.3, 0.4) is 0 Å². The molecule has 0 bridgehead atoms. The summed E-state index contributed by atoms with van der Waals surface area (Å²) in [5.41, 5.74) is 7.40. The Bertz CT molecular complexity index is 902. The van der Waals surface area contributed by atoms with Gasteiger partial charge in [0.05, 0.1) is 0 Å². The lowest BCUT2D eigenvalue weighted by atomic mass is 9.96. The number of hydrogen-bond donors (Lipinski definition) is 1. The lowest BCUT2D eigenvalue weighted by Gasteiger charge is -2.31. The third kappa shape index (κ3) is 2.93. The van der Waals surface area contributed by atoms with Gasteiger partial charge in [-0.15, -0.1) is 10.2 Å². The van der Waals surface area contributed by atoms with Crippen LogP contribution >= 0.6 is 0 Å². The molecule has 4 rings (SSSR count). The summed E-state index contributed by atoms with van der Waals surface area (Å²) in [6.45, 7) is 1.55. The molecule has 2 N–H and O–H groups in total. The van der Waals surface area contributed by atoms with E-state index < -0.39 is 0 Å². The van der Waals surface area contributed by atoms with E-state index in [0.717, 1.165) is 53.8 Å². The number of benzene rings is 2. The molecule has 3 aromatic rings. The van der Waals surface area contributed by atoms with Gasteiger partial charge in [0, 0.05) is 35.3 Å². The first-order valence-corrected chi connectivity index (χ1v) is 8.59. The molecule has 126 valence electrons. The van der Waals surface area contributed by atoms with E-state index in [0.29, 0.717) is 0 Å². The fraction of sp³-hybridized carbons (Fsp3) is 0.250. The van der Waals surface area contributed by atoms with Crippen molar-refractivity contribution in [3.8, 4) is 11.3 Å². The zero-order valence-electron chi connectivity index (χ0n) is 13.9. The van der Waals surface area contributed by atoms with Crippen LogP contribution in [0.2, 0.25) is 0 Å². The standard InChI is InChI=1S/C20H20N4O/c21-19(25)15-10-12-24(13-11-15)20-17-9-5-4-8-16(17)18(22-23-20)14-6-2-1-3-7-14/h1-9,15H,10-13H2,(H2,21,25). The maximum atomic E-state index is 11.4. The van der Waals surface area contributed by atoms with Crippen LogP contribution < -0.4 is 10.6 Å². The van der Waals surface area contributed by atoms with E-state index in [1.807, 2.05) is 30.3 Å². The Balaban J connectivity index is 1.74. The average molecular weight is 332 g/mol. The number of rotatable bonds is 3. The molecule has 25 heavy (non-hydrogen) atoms. The molecule has 1 aromatic heterocycles. The Morgan fingerprint density at radius 3 is 2.24 bits per heavy atom. The van der Waals surface area contributed by atoms with Crippen LogP contribution in [0.4, 0.5) is 5.82 Å². The van der Waals surface area contributed by atoms with Crippen molar-refractivity contribution < 1.29 is 4.79 Å². The molecule has 1 amide bonds. The first kappa shape index (κ1) is 15.6. The molecule has 1 saturated heterocycles. The molecule has 2 heterocycles. The smallest absolute Gasteiger partial charge is 0.220 e. The second kappa shape index (κ2) is 6.51. The van der Waals surface area contributed by atoms with E-state index in [2.05, 4.69) is 39.4 Å². The number of piperidine rings is 1. The van der Waals surface area contributed by atoms with Gasteiger partial charge in [0.1, 0.15) is 5.69 Å². The van der Waals surface area contributed by atoms with E-state index in [1.165, 1.54) is 0 Å². The van der Waals surface area contributed by atoms with E-state index in [9.17, 15) is 4.79 Å². The zero-order chi connectivity index (χ0) is 17.2. The minimum absolute atomic E-state index is 0.0286. The Kier molecular flexibility index (Phi) is 4.06. The van der Waals surface area contributed by atoms with Crippen LogP contribution in [0.25, 0.3) is 22.0 Å². The van der Waals surface area contributed by atoms with Crippen molar-refractivity contribution in [1.82, 2.24) is 10.2 Å². The van der Waals surface area contributed by atoms with Gasteiger partial charge in [-0.2, -0.15) is 0 Å². The second-order valence-electron chi connectivity index (χ2n) is 6.45. The van der Waals surface area contributed by atoms with E-state index in [1.54, 1.807) is 0 Å². The highest BCUT2D eigenvalue weighted by Gasteiger charge is 2.25. The van der Waals surface area contributed by atoms with Crippen molar-refractivity contribution in [3.05, 3.63) is 54.6 Å². The molecule has 1 fully saturated rings. The number of anilines is 1. The summed E-state index contributed by atoms with van der Waals surface area (Å²) in [6, 6.07) is 18.3. The predicted molar refractivity (Wildman–Crippen MR) is 99.1 cm³/mol. The van der Waals surface area contributed by atoms with Crippen LogP contribution in [0.5, 0.6) is 0 Å². The third-order valence-electron chi connectivity index (χ3n) is 4.91. The Morgan fingerprint density at radius 2 is 1.56 bits per heavy atom. The van der Waals surface area contributed by atoms with Gasteiger partial charge in [0.2, 0.25) is 5.91 Å². The Labute approximate surface area is 146 Å². The molecule has 0 aliphatic carbocycles. The number of carbonyl (C=O) groups excluding carboxylic acids is 1.